The fourth-order valence-electron chi connectivity index (χ4n) is 5.22. The zero-order chi connectivity index (χ0) is 26.2. The maximum Gasteiger partial charge on any atom is 0.137 e. The highest BCUT2D eigenvalue weighted by Crippen LogP contribution is 2.39. The van der Waals surface area contributed by atoms with Crippen LogP contribution < -0.4 is 4.90 Å². The van der Waals surface area contributed by atoms with E-state index in [1.165, 1.54) is 0 Å². The Balaban J connectivity index is 1.29. The molecular weight excluding hydrogens is 498 g/mol. The molecule has 2 nitrogen and oxygen atoms in total. The van der Waals surface area contributed by atoms with Crippen LogP contribution in [0.2, 0.25) is 5.02 Å². The van der Waals surface area contributed by atoms with Gasteiger partial charge in [0.25, 0.3) is 0 Å². The number of anilines is 3. The van der Waals surface area contributed by atoms with Gasteiger partial charge in [-0.15, -0.1) is 0 Å². The number of benzene rings is 6. The van der Waals surface area contributed by atoms with Gasteiger partial charge >= 0.3 is 0 Å². The third kappa shape index (κ3) is 4.35. The third-order valence-corrected chi connectivity index (χ3v) is 7.47. The summed E-state index contributed by atoms with van der Waals surface area (Å²) < 4.78 is 6.21. The highest BCUT2D eigenvalue weighted by molar-refractivity contribution is 6.33. The molecule has 6 aromatic carbocycles. The zero-order valence-corrected chi connectivity index (χ0v) is 21.8. The summed E-state index contributed by atoms with van der Waals surface area (Å²) in [4.78, 5) is 2.26. The fourth-order valence-corrected chi connectivity index (χ4v) is 5.45. The predicted molar refractivity (Wildman–Crippen MR) is 164 cm³/mol. The van der Waals surface area contributed by atoms with Crippen LogP contribution in [0.5, 0.6) is 0 Å². The summed E-state index contributed by atoms with van der Waals surface area (Å²) in [5.41, 5.74) is 9.36. The van der Waals surface area contributed by atoms with Gasteiger partial charge in [-0.25, -0.2) is 0 Å². The highest BCUT2D eigenvalue weighted by atomic mass is 35.5. The van der Waals surface area contributed by atoms with Crippen LogP contribution in [-0.4, -0.2) is 0 Å². The molecule has 0 radical (unpaired) electrons. The first kappa shape index (κ1) is 23.3. The van der Waals surface area contributed by atoms with Crippen molar-refractivity contribution < 1.29 is 4.42 Å². The molecule has 1 aromatic heterocycles. The van der Waals surface area contributed by atoms with Crippen molar-refractivity contribution in [1.29, 1.82) is 0 Å². The van der Waals surface area contributed by atoms with Crippen molar-refractivity contribution in [2.24, 2.45) is 0 Å². The second-order valence-electron chi connectivity index (χ2n) is 9.56. The number of nitrogens with zero attached hydrogens (tertiary/aromatic N) is 1. The van der Waals surface area contributed by atoms with E-state index in [0.717, 1.165) is 66.3 Å². The molecule has 0 unspecified atom stereocenters. The molecule has 3 heteroatoms. The average Bonchev–Trinajstić information content (AvgIpc) is 3.37. The van der Waals surface area contributed by atoms with Crippen molar-refractivity contribution in [3.63, 3.8) is 0 Å². The number of hydrogen-bond donors (Lipinski definition) is 0. The molecule has 39 heavy (non-hydrogen) atoms. The van der Waals surface area contributed by atoms with Crippen molar-refractivity contribution in [3.8, 4) is 22.3 Å². The summed E-state index contributed by atoms with van der Waals surface area (Å²) in [6.45, 7) is 0. The predicted octanol–water partition coefficient (Wildman–Crippen LogP) is 11.0. The van der Waals surface area contributed by atoms with Gasteiger partial charge in [0, 0.05) is 44.5 Å². The Morgan fingerprint density at radius 3 is 1.85 bits per heavy atom. The lowest BCUT2D eigenvalue weighted by atomic mass is 9.98. The summed E-state index contributed by atoms with van der Waals surface area (Å²) in [5, 5.41) is 3.00. The van der Waals surface area contributed by atoms with Gasteiger partial charge < -0.3 is 9.32 Å². The van der Waals surface area contributed by atoms with Crippen molar-refractivity contribution in [3.05, 3.63) is 151 Å². The smallest absolute Gasteiger partial charge is 0.137 e. The third-order valence-electron chi connectivity index (χ3n) is 7.14. The molecule has 0 aliphatic rings. The van der Waals surface area contributed by atoms with Gasteiger partial charge in [0.15, 0.2) is 0 Å². The zero-order valence-electron chi connectivity index (χ0n) is 21.1. The topological polar surface area (TPSA) is 16.4 Å². The lowest BCUT2D eigenvalue weighted by molar-refractivity contribution is 0.669. The molecule has 0 saturated heterocycles. The molecular formula is C36H24ClNO. The van der Waals surface area contributed by atoms with Crippen LogP contribution in [0.25, 0.3) is 44.2 Å². The highest BCUT2D eigenvalue weighted by Gasteiger charge is 2.15. The van der Waals surface area contributed by atoms with Crippen LogP contribution in [-0.2, 0) is 0 Å². The molecule has 0 spiro atoms. The van der Waals surface area contributed by atoms with Gasteiger partial charge in [0.2, 0.25) is 0 Å². The number of fused-ring (bicyclic) bond motifs is 3. The van der Waals surface area contributed by atoms with Gasteiger partial charge in [-0.1, -0.05) is 96.5 Å². The first-order valence-electron chi connectivity index (χ1n) is 13.0. The maximum atomic E-state index is 6.57. The van der Waals surface area contributed by atoms with E-state index in [1.807, 2.05) is 48.5 Å². The molecule has 186 valence electrons. The molecule has 0 atom stereocenters. The lowest BCUT2D eigenvalue weighted by Crippen LogP contribution is -2.09. The normalized spacial score (nSPS) is 11.2. The van der Waals surface area contributed by atoms with E-state index in [4.69, 9.17) is 16.0 Å². The quantitative estimate of drug-likeness (QED) is 0.224. The van der Waals surface area contributed by atoms with Crippen molar-refractivity contribution in [2.75, 3.05) is 4.90 Å². The Morgan fingerprint density at radius 2 is 1.05 bits per heavy atom. The molecule has 1 heterocycles. The first-order valence-corrected chi connectivity index (χ1v) is 13.3. The standard InChI is InChI=1S/C36H24ClNO/c37-34-22-17-27(23-33(34)26-9-3-1-4-10-26)25-15-18-29(19-16-25)38(28-11-5-2-6-12-28)30-20-21-32-31-13-7-8-14-35(31)39-36(32)24-30/h1-24H. The van der Waals surface area contributed by atoms with E-state index in [1.54, 1.807) is 0 Å². The van der Waals surface area contributed by atoms with E-state index in [0.29, 0.717) is 0 Å². The second-order valence-corrected chi connectivity index (χ2v) is 9.96. The Hall–Kier alpha value is -4.79. The van der Waals surface area contributed by atoms with Gasteiger partial charge in [-0.2, -0.15) is 0 Å². The minimum absolute atomic E-state index is 0.748. The Bertz CT molecular complexity index is 1910. The molecule has 0 aliphatic heterocycles. The molecule has 0 amide bonds. The minimum Gasteiger partial charge on any atom is -0.456 e. The van der Waals surface area contributed by atoms with E-state index < -0.39 is 0 Å². The van der Waals surface area contributed by atoms with Crippen LogP contribution in [0, 0.1) is 0 Å². The fraction of sp³-hybridized carbons (Fsp3) is 0. The Morgan fingerprint density at radius 1 is 0.436 bits per heavy atom. The minimum atomic E-state index is 0.748. The lowest BCUT2D eigenvalue weighted by Gasteiger charge is -2.25. The monoisotopic (exact) mass is 521 g/mol. The van der Waals surface area contributed by atoms with Crippen LogP contribution >= 0.6 is 11.6 Å². The average molecular weight is 522 g/mol. The van der Waals surface area contributed by atoms with Crippen molar-refractivity contribution >= 4 is 50.6 Å². The number of para-hydroxylation sites is 2. The molecule has 7 aromatic rings. The van der Waals surface area contributed by atoms with Crippen LogP contribution in [0.4, 0.5) is 17.1 Å². The summed E-state index contributed by atoms with van der Waals surface area (Å²) in [6.07, 6.45) is 0. The molecule has 0 fully saturated rings. The maximum absolute atomic E-state index is 6.57. The number of rotatable bonds is 5. The molecule has 7 rings (SSSR count). The summed E-state index contributed by atoms with van der Waals surface area (Å²) in [6, 6.07) is 50.2. The first-order chi connectivity index (χ1) is 19.2. The van der Waals surface area contributed by atoms with E-state index in [-0.39, 0.29) is 0 Å². The van der Waals surface area contributed by atoms with Crippen molar-refractivity contribution in [2.45, 2.75) is 0 Å². The van der Waals surface area contributed by atoms with Gasteiger partial charge in [0.05, 0.1) is 0 Å². The summed E-state index contributed by atoms with van der Waals surface area (Å²) in [5.74, 6) is 0. The molecule has 0 N–H and O–H groups in total. The van der Waals surface area contributed by atoms with Gasteiger partial charge in [0.1, 0.15) is 11.2 Å². The van der Waals surface area contributed by atoms with E-state index in [2.05, 4.69) is 102 Å². The van der Waals surface area contributed by atoms with E-state index >= 15 is 0 Å². The van der Waals surface area contributed by atoms with Gasteiger partial charge in [-0.05, 0) is 71.3 Å². The number of halogens is 1. The molecule has 0 saturated carbocycles. The van der Waals surface area contributed by atoms with Crippen LogP contribution in [0.15, 0.2) is 150 Å². The van der Waals surface area contributed by atoms with Crippen LogP contribution in [0.1, 0.15) is 0 Å². The largest absolute Gasteiger partial charge is 0.456 e. The molecule has 0 bridgehead atoms. The van der Waals surface area contributed by atoms with E-state index in [9.17, 15) is 0 Å². The molecule has 0 aliphatic carbocycles. The Kier molecular flexibility index (Phi) is 5.88. The van der Waals surface area contributed by atoms with Crippen molar-refractivity contribution in [1.82, 2.24) is 0 Å². The Labute approximate surface area is 232 Å². The van der Waals surface area contributed by atoms with Gasteiger partial charge in [-0.3, -0.25) is 0 Å². The van der Waals surface area contributed by atoms with Crippen LogP contribution in [0.3, 0.4) is 0 Å². The SMILES string of the molecule is Clc1ccc(-c2ccc(N(c3ccccc3)c3ccc4c(c3)oc3ccccc34)cc2)cc1-c1ccccc1. The number of hydrogen-bond acceptors (Lipinski definition) is 2. The second kappa shape index (κ2) is 9.83. The summed E-state index contributed by atoms with van der Waals surface area (Å²) in [7, 11) is 0. The number of furan rings is 1. The summed E-state index contributed by atoms with van der Waals surface area (Å²) >= 11 is 6.57.